The van der Waals surface area contributed by atoms with E-state index in [1.54, 1.807) is 0 Å². The summed E-state index contributed by atoms with van der Waals surface area (Å²) in [5.41, 5.74) is 3.35. The van der Waals surface area contributed by atoms with Gasteiger partial charge in [0.15, 0.2) is 0 Å². The fourth-order valence-corrected chi connectivity index (χ4v) is 7.22. The van der Waals surface area contributed by atoms with Crippen molar-refractivity contribution in [1.82, 2.24) is 10.6 Å². The van der Waals surface area contributed by atoms with Crippen molar-refractivity contribution < 1.29 is 0 Å². The van der Waals surface area contributed by atoms with Crippen LogP contribution in [0.3, 0.4) is 0 Å². The predicted octanol–water partition coefficient (Wildman–Crippen LogP) is 5.21. The minimum Gasteiger partial charge on any atom is -0.315 e. The second kappa shape index (κ2) is 8.24. The van der Waals surface area contributed by atoms with E-state index in [4.69, 9.17) is 0 Å². The molecule has 29 heavy (non-hydrogen) atoms. The smallest absolute Gasteiger partial charge is 0.0214 e. The lowest BCUT2D eigenvalue weighted by Crippen LogP contribution is -2.60. The molecule has 3 unspecified atom stereocenters. The van der Waals surface area contributed by atoms with Gasteiger partial charge in [0.05, 0.1) is 0 Å². The lowest BCUT2D eigenvalue weighted by atomic mass is 9.48. The molecule has 0 amide bonds. The van der Waals surface area contributed by atoms with Crippen molar-refractivity contribution in [3.8, 4) is 0 Å². The maximum Gasteiger partial charge on any atom is 0.0214 e. The predicted molar refractivity (Wildman–Crippen MR) is 121 cm³/mol. The number of benzene rings is 2. The Morgan fingerprint density at radius 1 is 0.828 bits per heavy atom. The van der Waals surface area contributed by atoms with Gasteiger partial charge in [-0.25, -0.2) is 0 Å². The van der Waals surface area contributed by atoms with Crippen molar-refractivity contribution in [2.45, 2.75) is 51.0 Å². The molecule has 4 bridgehead atoms. The lowest BCUT2D eigenvalue weighted by molar-refractivity contribution is -0.0735. The quantitative estimate of drug-likeness (QED) is 0.607. The van der Waals surface area contributed by atoms with E-state index in [-0.39, 0.29) is 0 Å². The van der Waals surface area contributed by atoms with Crippen LogP contribution in [0.4, 0.5) is 0 Å². The van der Waals surface area contributed by atoms with Gasteiger partial charge in [-0.15, -0.1) is 0 Å². The highest BCUT2D eigenvalue weighted by Crippen LogP contribution is 2.59. The van der Waals surface area contributed by atoms with Gasteiger partial charge < -0.3 is 10.6 Å². The molecule has 0 aromatic heterocycles. The van der Waals surface area contributed by atoms with E-state index in [9.17, 15) is 0 Å². The normalized spacial score (nSPS) is 32.8. The van der Waals surface area contributed by atoms with Crippen LogP contribution in [0.25, 0.3) is 0 Å². The van der Waals surface area contributed by atoms with Crippen LogP contribution < -0.4 is 10.6 Å². The van der Waals surface area contributed by atoms with Gasteiger partial charge in [-0.1, -0.05) is 67.6 Å². The summed E-state index contributed by atoms with van der Waals surface area (Å²) in [5, 5.41) is 7.75. The van der Waals surface area contributed by atoms with Crippen LogP contribution in [0.15, 0.2) is 60.7 Å². The molecule has 4 fully saturated rings. The van der Waals surface area contributed by atoms with Crippen LogP contribution in [0.2, 0.25) is 0 Å². The minimum atomic E-state index is 0.413. The first-order valence-electron chi connectivity index (χ1n) is 11.8. The summed E-state index contributed by atoms with van der Waals surface area (Å²) in [6.45, 7) is 5.69. The van der Waals surface area contributed by atoms with Gasteiger partial charge in [-0.2, -0.15) is 0 Å². The van der Waals surface area contributed by atoms with Crippen molar-refractivity contribution in [3.05, 3.63) is 71.8 Å². The average Bonchev–Trinajstić information content (AvgIpc) is 2.73. The average molecular weight is 389 g/mol. The van der Waals surface area contributed by atoms with Gasteiger partial charge in [0.2, 0.25) is 0 Å². The third-order valence-electron chi connectivity index (χ3n) is 8.09. The molecule has 2 aromatic carbocycles. The molecular formula is C27H36N2. The summed E-state index contributed by atoms with van der Waals surface area (Å²) in [5.74, 6) is 3.42. The van der Waals surface area contributed by atoms with Crippen molar-refractivity contribution in [2.75, 3.05) is 19.6 Å². The maximum atomic E-state index is 4.00. The van der Waals surface area contributed by atoms with Gasteiger partial charge >= 0.3 is 0 Å². The molecular weight excluding hydrogens is 352 g/mol. The number of rotatable bonds is 8. The molecule has 2 N–H and O–H groups in total. The molecule has 6 rings (SSSR count). The van der Waals surface area contributed by atoms with Crippen molar-refractivity contribution >= 4 is 0 Å². The molecule has 0 spiro atoms. The van der Waals surface area contributed by atoms with E-state index in [1.807, 2.05) is 0 Å². The van der Waals surface area contributed by atoms with Gasteiger partial charge in [0, 0.05) is 31.6 Å². The van der Waals surface area contributed by atoms with E-state index in [1.165, 1.54) is 43.2 Å². The summed E-state index contributed by atoms with van der Waals surface area (Å²) in [7, 11) is 0. The SMILES string of the molecule is CC12CC3CC(CC(C3)C1NCCNCC(c1ccccc1)c1ccccc1)C2. The van der Waals surface area contributed by atoms with Crippen LogP contribution >= 0.6 is 0 Å². The first-order chi connectivity index (χ1) is 14.2. The van der Waals surface area contributed by atoms with Crippen molar-refractivity contribution in [3.63, 3.8) is 0 Å². The van der Waals surface area contributed by atoms with Gasteiger partial charge in [0.1, 0.15) is 0 Å². The third-order valence-corrected chi connectivity index (χ3v) is 8.09. The highest BCUT2D eigenvalue weighted by Gasteiger charge is 2.54. The topological polar surface area (TPSA) is 24.1 Å². The minimum absolute atomic E-state index is 0.413. The third kappa shape index (κ3) is 4.02. The van der Waals surface area contributed by atoms with Crippen molar-refractivity contribution in [2.24, 2.45) is 23.2 Å². The Balaban J connectivity index is 1.15. The van der Waals surface area contributed by atoms with Crippen molar-refractivity contribution in [1.29, 1.82) is 0 Å². The standard InChI is InChI=1S/C27H36N2/c1-27-17-20-14-21(18-27)16-24(15-20)26(27)29-13-12-28-19-25(22-8-4-2-5-9-22)23-10-6-3-7-11-23/h2-11,20-21,24-26,28-29H,12-19H2,1H3. The van der Waals surface area contributed by atoms with E-state index in [0.717, 1.165) is 43.4 Å². The number of nitrogens with one attached hydrogen (secondary N) is 2. The Hall–Kier alpha value is -1.64. The van der Waals surface area contributed by atoms with E-state index < -0.39 is 0 Å². The van der Waals surface area contributed by atoms with E-state index in [0.29, 0.717) is 11.3 Å². The zero-order chi connectivity index (χ0) is 19.7. The molecule has 3 atom stereocenters. The molecule has 2 aromatic rings. The second-order valence-electron chi connectivity index (χ2n) is 10.3. The van der Waals surface area contributed by atoms with E-state index >= 15 is 0 Å². The Labute approximate surface area is 176 Å². The van der Waals surface area contributed by atoms with Gasteiger partial charge in [-0.3, -0.25) is 0 Å². The van der Waals surface area contributed by atoms with Gasteiger partial charge in [0.25, 0.3) is 0 Å². The Bertz CT molecular complexity index is 733. The first kappa shape index (κ1) is 19.3. The number of hydrogen-bond donors (Lipinski definition) is 2. The molecule has 154 valence electrons. The maximum absolute atomic E-state index is 4.00. The molecule has 2 nitrogen and oxygen atoms in total. The Morgan fingerprint density at radius 2 is 1.41 bits per heavy atom. The first-order valence-corrected chi connectivity index (χ1v) is 11.8. The summed E-state index contributed by atoms with van der Waals surface area (Å²) < 4.78 is 0. The summed E-state index contributed by atoms with van der Waals surface area (Å²) >= 11 is 0. The molecule has 2 heteroatoms. The zero-order valence-corrected chi connectivity index (χ0v) is 17.8. The van der Waals surface area contributed by atoms with Crippen LogP contribution in [-0.2, 0) is 0 Å². The highest BCUT2D eigenvalue weighted by molar-refractivity contribution is 5.32. The molecule has 0 aliphatic heterocycles. The van der Waals surface area contributed by atoms with Crippen LogP contribution in [0.1, 0.15) is 56.1 Å². The molecule has 4 saturated carbocycles. The molecule has 0 radical (unpaired) electrons. The highest BCUT2D eigenvalue weighted by atomic mass is 15.0. The second-order valence-corrected chi connectivity index (χ2v) is 10.3. The number of hydrogen-bond acceptors (Lipinski definition) is 2. The fourth-order valence-electron chi connectivity index (χ4n) is 7.22. The monoisotopic (exact) mass is 388 g/mol. The largest absolute Gasteiger partial charge is 0.315 e. The van der Waals surface area contributed by atoms with Crippen LogP contribution in [0, 0.1) is 23.2 Å². The Morgan fingerprint density at radius 3 is 1.97 bits per heavy atom. The van der Waals surface area contributed by atoms with Gasteiger partial charge in [-0.05, 0) is 66.4 Å². The molecule has 4 aliphatic rings. The Kier molecular flexibility index (Phi) is 5.49. The molecule has 0 saturated heterocycles. The fraction of sp³-hybridized carbons (Fsp3) is 0.556. The zero-order valence-electron chi connectivity index (χ0n) is 17.8. The van der Waals surface area contributed by atoms with Crippen LogP contribution in [-0.4, -0.2) is 25.7 Å². The molecule has 0 heterocycles. The molecule has 4 aliphatic carbocycles. The lowest BCUT2D eigenvalue weighted by Gasteiger charge is -2.60. The summed E-state index contributed by atoms with van der Waals surface area (Å²) in [6.07, 6.45) is 7.44. The van der Waals surface area contributed by atoms with E-state index in [2.05, 4.69) is 78.2 Å². The summed E-state index contributed by atoms with van der Waals surface area (Å²) in [4.78, 5) is 0. The summed E-state index contributed by atoms with van der Waals surface area (Å²) in [6, 6.07) is 22.6. The van der Waals surface area contributed by atoms with Crippen LogP contribution in [0.5, 0.6) is 0 Å².